The Bertz CT molecular complexity index is 278. The SMILES string of the molecule is CC(C)(C)Cn1cn[nH]c1=O. The molecular weight excluding hydrogens is 142 g/mol. The number of aromatic nitrogens is 3. The molecule has 0 aliphatic carbocycles. The monoisotopic (exact) mass is 155 g/mol. The minimum atomic E-state index is -0.139. The van der Waals surface area contributed by atoms with Crippen molar-refractivity contribution in [2.75, 3.05) is 0 Å². The van der Waals surface area contributed by atoms with Crippen LogP contribution in [0, 0.1) is 5.41 Å². The molecule has 0 atom stereocenters. The molecule has 0 radical (unpaired) electrons. The van der Waals surface area contributed by atoms with E-state index in [0.717, 1.165) is 0 Å². The molecule has 0 unspecified atom stereocenters. The van der Waals surface area contributed by atoms with Crippen molar-refractivity contribution in [3.8, 4) is 0 Å². The Kier molecular flexibility index (Phi) is 1.85. The molecule has 0 spiro atoms. The van der Waals surface area contributed by atoms with Crippen LogP contribution >= 0.6 is 0 Å². The summed E-state index contributed by atoms with van der Waals surface area (Å²) in [5.74, 6) is 0. The molecule has 4 heteroatoms. The van der Waals surface area contributed by atoms with E-state index in [1.807, 2.05) is 0 Å². The van der Waals surface area contributed by atoms with Gasteiger partial charge in [-0.1, -0.05) is 20.8 Å². The van der Waals surface area contributed by atoms with Crippen molar-refractivity contribution in [1.82, 2.24) is 14.8 Å². The third kappa shape index (κ3) is 2.22. The van der Waals surface area contributed by atoms with Crippen LogP contribution in [0.4, 0.5) is 0 Å². The van der Waals surface area contributed by atoms with Crippen molar-refractivity contribution in [3.63, 3.8) is 0 Å². The molecule has 62 valence electrons. The summed E-state index contributed by atoms with van der Waals surface area (Å²) in [6, 6.07) is 0. The summed E-state index contributed by atoms with van der Waals surface area (Å²) < 4.78 is 1.57. The first kappa shape index (κ1) is 8.04. The van der Waals surface area contributed by atoms with Crippen molar-refractivity contribution < 1.29 is 0 Å². The quantitative estimate of drug-likeness (QED) is 0.646. The third-order valence-corrected chi connectivity index (χ3v) is 1.26. The minimum absolute atomic E-state index is 0.119. The van der Waals surface area contributed by atoms with Gasteiger partial charge in [-0.3, -0.25) is 4.57 Å². The largest absolute Gasteiger partial charge is 0.343 e. The van der Waals surface area contributed by atoms with E-state index in [-0.39, 0.29) is 11.1 Å². The Balaban J connectivity index is 2.80. The number of hydrogen-bond acceptors (Lipinski definition) is 2. The van der Waals surface area contributed by atoms with Crippen molar-refractivity contribution in [3.05, 3.63) is 16.8 Å². The molecule has 1 heterocycles. The molecule has 0 amide bonds. The molecule has 1 N–H and O–H groups in total. The predicted molar refractivity (Wildman–Crippen MR) is 42.3 cm³/mol. The standard InChI is InChI=1S/C7H13N3O/c1-7(2,3)4-10-5-8-9-6(10)11/h5H,4H2,1-3H3,(H,9,11). The number of rotatable bonds is 1. The van der Waals surface area contributed by atoms with Crippen LogP contribution in [0.1, 0.15) is 20.8 Å². The molecule has 0 aliphatic rings. The van der Waals surface area contributed by atoms with Crippen LogP contribution in [-0.2, 0) is 6.54 Å². The van der Waals surface area contributed by atoms with E-state index in [9.17, 15) is 4.79 Å². The van der Waals surface area contributed by atoms with Crippen LogP contribution in [0.25, 0.3) is 0 Å². The molecule has 0 fully saturated rings. The van der Waals surface area contributed by atoms with E-state index in [2.05, 4.69) is 31.0 Å². The summed E-state index contributed by atoms with van der Waals surface area (Å²) in [5, 5.41) is 5.98. The van der Waals surface area contributed by atoms with Gasteiger partial charge in [-0.15, -0.1) is 0 Å². The van der Waals surface area contributed by atoms with E-state index in [4.69, 9.17) is 0 Å². The summed E-state index contributed by atoms with van der Waals surface area (Å²) in [7, 11) is 0. The summed E-state index contributed by atoms with van der Waals surface area (Å²) in [5.41, 5.74) is -0.0202. The Hall–Kier alpha value is -1.06. The fourth-order valence-corrected chi connectivity index (χ4v) is 0.894. The van der Waals surface area contributed by atoms with Gasteiger partial charge < -0.3 is 0 Å². The number of aromatic amines is 1. The summed E-state index contributed by atoms with van der Waals surface area (Å²) in [6.45, 7) is 6.92. The lowest BCUT2D eigenvalue weighted by Gasteiger charge is -2.16. The van der Waals surface area contributed by atoms with Crippen molar-refractivity contribution in [1.29, 1.82) is 0 Å². The summed E-state index contributed by atoms with van der Waals surface area (Å²) in [4.78, 5) is 10.9. The fraction of sp³-hybridized carbons (Fsp3) is 0.714. The third-order valence-electron chi connectivity index (χ3n) is 1.26. The van der Waals surface area contributed by atoms with Gasteiger partial charge in [0.2, 0.25) is 0 Å². The number of hydrogen-bond donors (Lipinski definition) is 1. The molecule has 11 heavy (non-hydrogen) atoms. The Labute approximate surface area is 65.2 Å². The normalized spacial score (nSPS) is 11.9. The Morgan fingerprint density at radius 3 is 2.64 bits per heavy atom. The van der Waals surface area contributed by atoms with Crippen LogP contribution < -0.4 is 5.69 Å². The average molecular weight is 155 g/mol. The lowest BCUT2D eigenvalue weighted by Crippen LogP contribution is -2.24. The second kappa shape index (κ2) is 2.53. The van der Waals surface area contributed by atoms with Crippen LogP contribution in [0.3, 0.4) is 0 Å². The van der Waals surface area contributed by atoms with E-state index in [0.29, 0.717) is 6.54 Å². The Morgan fingerprint density at radius 2 is 2.27 bits per heavy atom. The van der Waals surface area contributed by atoms with E-state index >= 15 is 0 Å². The zero-order valence-electron chi connectivity index (χ0n) is 7.09. The predicted octanol–water partition coefficient (Wildman–Crippen LogP) is 0.617. The summed E-state index contributed by atoms with van der Waals surface area (Å²) >= 11 is 0. The highest BCUT2D eigenvalue weighted by atomic mass is 16.1. The van der Waals surface area contributed by atoms with E-state index < -0.39 is 0 Å². The lowest BCUT2D eigenvalue weighted by atomic mass is 9.97. The number of nitrogens with zero attached hydrogens (tertiary/aromatic N) is 2. The van der Waals surface area contributed by atoms with E-state index in [1.54, 1.807) is 4.57 Å². The maximum Gasteiger partial charge on any atom is 0.343 e. The second-order valence-corrected chi connectivity index (χ2v) is 3.85. The molecule has 0 saturated heterocycles. The highest BCUT2D eigenvalue weighted by Gasteiger charge is 2.11. The zero-order valence-corrected chi connectivity index (χ0v) is 7.09. The topological polar surface area (TPSA) is 50.7 Å². The van der Waals surface area contributed by atoms with Gasteiger partial charge in [0.1, 0.15) is 6.33 Å². The molecule has 1 aromatic rings. The molecule has 0 saturated carbocycles. The van der Waals surface area contributed by atoms with Crippen molar-refractivity contribution in [2.45, 2.75) is 27.3 Å². The lowest BCUT2D eigenvalue weighted by molar-refractivity contribution is 0.338. The van der Waals surface area contributed by atoms with Gasteiger partial charge in [0.05, 0.1) is 0 Å². The molecule has 1 rings (SSSR count). The van der Waals surface area contributed by atoms with Crippen molar-refractivity contribution >= 4 is 0 Å². The number of nitrogens with one attached hydrogen (secondary N) is 1. The molecule has 1 aromatic heterocycles. The van der Waals surface area contributed by atoms with Gasteiger partial charge >= 0.3 is 5.69 Å². The molecular formula is C7H13N3O. The van der Waals surface area contributed by atoms with Crippen molar-refractivity contribution in [2.24, 2.45) is 5.41 Å². The first-order chi connectivity index (χ1) is 4.99. The summed E-state index contributed by atoms with van der Waals surface area (Å²) in [6.07, 6.45) is 1.52. The van der Waals surface area contributed by atoms with Crippen LogP contribution in [0.5, 0.6) is 0 Å². The van der Waals surface area contributed by atoms with Gasteiger partial charge in [0.25, 0.3) is 0 Å². The highest BCUT2D eigenvalue weighted by molar-refractivity contribution is 4.69. The van der Waals surface area contributed by atoms with Crippen LogP contribution in [0.2, 0.25) is 0 Å². The molecule has 0 aromatic carbocycles. The second-order valence-electron chi connectivity index (χ2n) is 3.85. The van der Waals surface area contributed by atoms with Gasteiger partial charge in [-0.2, -0.15) is 5.10 Å². The molecule has 4 nitrogen and oxygen atoms in total. The Morgan fingerprint density at radius 1 is 1.64 bits per heavy atom. The van der Waals surface area contributed by atoms with Gasteiger partial charge in [-0.05, 0) is 5.41 Å². The molecule has 0 aliphatic heterocycles. The van der Waals surface area contributed by atoms with Crippen LogP contribution in [0.15, 0.2) is 11.1 Å². The highest BCUT2D eigenvalue weighted by Crippen LogP contribution is 2.14. The van der Waals surface area contributed by atoms with E-state index in [1.165, 1.54) is 6.33 Å². The minimum Gasteiger partial charge on any atom is -0.281 e. The van der Waals surface area contributed by atoms with Crippen LogP contribution in [-0.4, -0.2) is 14.8 Å². The first-order valence-electron chi connectivity index (χ1n) is 3.59. The fourth-order valence-electron chi connectivity index (χ4n) is 0.894. The van der Waals surface area contributed by atoms with Gasteiger partial charge in [-0.25, -0.2) is 9.89 Å². The maximum absolute atomic E-state index is 10.9. The van der Waals surface area contributed by atoms with Gasteiger partial charge in [0.15, 0.2) is 0 Å². The zero-order chi connectivity index (χ0) is 8.48. The maximum atomic E-state index is 10.9. The molecule has 0 bridgehead atoms. The number of H-pyrrole nitrogens is 1. The average Bonchev–Trinajstić information content (AvgIpc) is 2.12. The first-order valence-corrected chi connectivity index (χ1v) is 3.59. The van der Waals surface area contributed by atoms with Gasteiger partial charge in [0, 0.05) is 6.54 Å². The smallest absolute Gasteiger partial charge is 0.281 e.